The van der Waals surface area contributed by atoms with Gasteiger partial charge in [0, 0.05) is 24.3 Å². The molecule has 3 N–H and O–H groups in total. The molecule has 1 amide bonds. The SMILES string of the molecule is CCC1CCCN(C(=O)c2cc(C)nc(NN)c2)CC1. The Morgan fingerprint density at radius 2 is 2.25 bits per heavy atom. The normalized spacial score (nSPS) is 19.6. The Morgan fingerprint density at radius 3 is 2.95 bits per heavy atom. The molecule has 1 unspecified atom stereocenters. The van der Waals surface area contributed by atoms with E-state index in [1.807, 2.05) is 17.9 Å². The van der Waals surface area contributed by atoms with E-state index in [0.29, 0.717) is 11.4 Å². The van der Waals surface area contributed by atoms with Gasteiger partial charge in [-0.3, -0.25) is 4.79 Å². The van der Waals surface area contributed by atoms with Crippen LogP contribution in [0.25, 0.3) is 0 Å². The fraction of sp³-hybridized carbons (Fsp3) is 0.600. The van der Waals surface area contributed by atoms with Crippen molar-refractivity contribution in [1.82, 2.24) is 9.88 Å². The molecule has 1 saturated heterocycles. The first-order valence-corrected chi connectivity index (χ1v) is 7.38. The highest BCUT2D eigenvalue weighted by atomic mass is 16.2. The van der Waals surface area contributed by atoms with Crippen molar-refractivity contribution in [3.05, 3.63) is 23.4 Å². The molecule has 5 heteroatoms. The zero-order valence-electron chi connectivity index (χ0n) is 12.4. The Bertz CT molecular complexity index is 475. The predicted octanol–water partition coefficient (Wildman–Crippen LogP) is 2.33. The summed E-state index contributed by atoms with van der Waals surface area (Å²) in [5.74, 6) is 6.77. The second-order valence-corrected chi connectivity index (χ2v) is 5.52. The van der Waals surface area contributed by atoms with Gasteiger partial charge in [0.1, 0.15) is 5.82 Å². The fourth-order valence-electron chi connectivity index (χ4n) is 2.83. The number of likely N-dealkylation sites (tertiary alicyclic amines) is 1. The molecule has 0 bridgehead atoms. The summed E-state index contributed by atoms with van der Waals surface area (Å²) in [5.41, 5.74) is 3.98. The molecule has 0 radical (unpaired) electrons. The van der Waals surface area contributed by atoms with Crippen LogP contribution in [0.4, 0.5) is 5.82 Å². The third kappa shape index (κ3) is 3.48. The highest BCUT2D eigenvalue weighted by Crippen LogP contribution is 2.22. The zero-order chi connectivity index (χ0) is 14.5. The lowest BCUT2D eigenvalue weighted by molar-refractivity contribution is 0.0759. The van der Waals surface area contributed by atoms with Crippen LogP contribution < -0.4 is 11.3 Å². The molecule has 0 spiro atoms. The molecule has 1 aliphatic heterocycles. The monoisotopic (exact) mass is 276 g/mol. The number of hydrogen-bond donors (Lipinski definition) is 2. The lowest BCUT2D eigenvalue weighted by Gasteiger charge is -2.21. The number of nitrogens with zero attached hydrogens (tertiary/aromatic N) is 2. The summed E-state index contributed by atoms with van der Waals surface area (Å²) in [7, 11) is 0. The van der Waals surface area contributed by atoms with Crippen LogP contribution in [0.5, 0.6) is 0 Å². The number of pyridine rings is 1. The van der Waals surface area contributed by atoms with Crippen molar-refractivity contribution in [1.29, 1.82) is 0 Å². The molecule has 110 valence electrons. The molecular formula is C15H24N4O. The highest BCUT2D eigenvalue weighted by Gasteiger charge is 2.21. The van der Waals surface area contributed by atoms with Gasteiger partial charge in [-0.25, -0.2) is 10.8 Å². The van der Waals surface area contributed by atoms with E-state index in [1.54, 1.807) is 6.07 Å². The van der Waals surface area contributed by atoms with Crippen LogP contribution in [0.2, 0.25) is 0 Å². The van der Waals surface area contributed by atoms with Gasteiger partial charge in [0.15, 0.2) is 0 Å². The van der Waals surface area contributed by atoms with Crippen molar-refractivity contribution < 1.29 is 4.79 Å². The van der Waals surface area contributed by atoms with Crippen LogP contribution in [-0.2, 0) is 0 Å². The number of carbonyl (C=O) groups excluding carboxylic acids is 1. The topological polar surface area (TPSA) is 71.2 Å². The Balaban J connectivity index is 2.12. The van der Waals surface area contributed by atoms with Gasteiger partial charge in [0.25, 0.3) is 5.91 Å². The third-order valence-corrected chi connectivity index (χ3v) is 4.06. The van der Waals surface area contributed by atoms with Gasteiger partial charge < -0.3 is 10.3 Å². The van der Waals surface area contributed by atoms with Crippen LogP contribution in [0.15, 0.2) is 12.1 Å². The largest absolute Gasteiger partial charge is 0.339 e. The lowest BCUT2D eigenvalue weighted by Crippen LogP contribution is -2.32. The first kappa shape index (κ1) is 14.8. The minimum absolute atomic E-state index is 0.0868. The van der Waals surface area contributed by atoms with E-state index in [1.165, 1.54) is 12.8 Å². The molecule has 1 atom stereocenters. The maximum Gasteiger partial charge on any atom is 0.254 e. The van der Waals surface area contributed by atoms with E-state index >= 15 is 0 Å². The predicted molar refractivity (Wildman–Crippen MR) is 80.3 cm³/mol. The summed E-state index contributed by atoms with van der Waals surface area (Å²) >= 11 is 0. The standard InChI is InChI=1S/C15H24N4O/c1-3-12-5-4-7-19(8-6-12)15(20)13-9-11(2)17-14(10-13)18-16/h9-10,12H,3-8,16H2,1-2H3,(H,17,18). The van der Waals surface area contributed by atoms with Crippen LogP contribution in [0.1, 0.15) is 48.7 Å². The number of anilines is 1. The van der Waals surface area contributed by atoms with Gasteiger partial charge in [-0.1, -0.05) is 13.3 Å². The second kappa shape index (κ2) is 6.70. The maximum atomic E-state index is 12.6. The molecular weight excluding hydrogens is 252 g/mol. The first-order chi connectivity index (χ1) is 9.63. The maximum absolute atomic E-state index is 12.6. The van der Waals surface area contributed by atoms with Crippen LogP contribution >= 0.6 is 0 Å². The molecule has 1 aromatic heterocycles. The number of hydrogen-bond acceptors (Lipinski definition) is 4. The van der Waals surface area contributed by atoms with Gasteiger partial charge in [-0.15, -0.1) is 0 Å². The number of nitrogens with two attached hydrogens (primary N) is 1. The molecule has 2 heterocycles. The van der Waals surface area contributed by atoms with Crippen molar-refractivity contribution in [2.24, 2.45) is 11.8 Å². The summed E-state index contributed by atoms with van der Waals surface area (Å²) in [4.78, 5) is 18.8. The van der Waals surface area contributed by atoms with Gasteiger partial charge in [-0.2, -0.15) is 0 Å². The van der Waals surface area contributed by atoms with Crippen molar-refractivity contribution >= 4 is 11.7 Å². The number of nitrogens with one attached hydrogen (secondary N) is 1. The Kier molecular flexibility index (Phi) is 4.95. The zero-order valence-corrected chi connectivity index (χ0v) is 12.4. The average Bonchev–Trinajstić information content (AvgIpc) is 2.71. The number of nitrogen functional groups attached to an aromatic ring is 1. The lowest BCUT2D eigenvalue weighted by atomic mass is 9.98. The minimum atomic E-state index is 0.0868. The van der Waals surface area contributed by atoms with Gasteiger partial charge in [0.2, 0.25) is 0 Å². The van der Waals surface area contributed by atoms with Gasteiger partial charge in [-0.05, 0) is 44.2 Å². The van der Waals surface area contributed by atoms with E-state index in [-0.39, 0.29) is 5.91 Å². The Morgan fingerprint density at radius 1 is 1.45 bits per heavy atom. The van der Waals surface area contributed by atoms with Crippen LogP contribution in [0, 0.1) is 12.8 Å². The number of hydrazine groups is 1. The second-order valence-electron chi connectivity index (χ2n) is 5.52. The molecule has 20 heavy (non-hydrogen) atoms. The molecule has 0 aromatic carbocycles. The minimum Gasteiger partial charge on any atom is -0.339 e. The first-order valence-electron chi connectivity index (χ1n) is 7.38. The molecule has 0 saturated carbocycles. The average molecular weight is 276 g/mol. The third-order valence-electron chi connectivity index (χ3n) is 4.06. The van der Waals surface area contributed by atoms with Crippen molar-refractivity contribution in [2.45, 2.75) is 39.5 Å². The number of aromatic nitrogens is 1. The number of rotatable bonds is 3. The van der Waals surface area contributed by atoms with E-state index in [0.717, 1.165) is 37.5 Å². The molecule has 0 aliphatic carbocycles. The Hall–Kier alpha value is -1.62. The number of aryl methyl sites for hydroxylation is 1. The molecule has 1 fully saturated rings. The quantitative estimate of drug-likeness (QED) is 0.656. The molecule has 1 aromatic rings. The van der Waals surface area contributed by atoms with E-state index in [9.17, 15) is 4.79 Å². The van der Waals surface area contributed by atoms with Crippen LogP contribution in [-0.4, -0.2) is 28.9 Å². The molecule has 1 aliphatic rings. The summed E-state index contributed by atoms with van der Waals surface area (Å²) < 4.78 is 0. The van der Waals surface area contributed by atoms with Crippen molar-refractivity contribution in [2.75, 3.05) is 18.5 Å². The highest BCUT2D eigenvalue weighted by molar-refractivity contribution is 5.95. The number of carbonyl (C=O) groups is 1. The Labute approximate surface area is 120 Å². The van der Waals surface area contributed by atoms with E-state index < -0.39 is 0 Å². The van der Waals surface area contributed by atoms with E-state index in [2.05, 4.69) is 17.3 Å². The smallest absolute Gasteiger partial charge is 0.254 e. The van der Waals surface area contributed by atoms with E-state index in [4.69, 9.17) is 5.84 Å². The van der Waals surface area contributed by atoms with Crippen molar-refractivity contribution in [3.8, 4) is 0 Å². The van der Waals surface area contributed by atoms with Gasteiger partial charge >= 0.3 is 0 Å². The fourth-order valence-corrected chi connectivity index (χ4v) is 2.83. The molecule has 5 nitrogen and oxygen atoms in total. The molecule has 2 rings (SSSR count). The summed E-state index contributed by atoms with van der Waals surface area (Å²) in [5, 5.41) is 0. The van der Waals surface area contributed by atoms with Crippen molar-refractivity contribution in [3.63, 3.8) is 0 Å². The summed E-state index contributed by atoms with van der Waals surface area (Å²) in [6.07, 6.45) is 4.63. The van der Waals surface area contributed by atoms with Crippen LogP contribution in [0.3, 0.4) is 0 Å². The number of amides is 1. The summed E-state index contributed by atoms with van der Waals surface area (Å²) in [6, 6.07) is 3.54. The summed E-state index contributed by atoms with van der Waals surface area (Å²) in [6.45, 7) is 5.80. The van der Waals surface area contributed by atoms with Gasteiger partial charge in [0.05, 0.1) is 0 Å².